The monoisotopic (exact) mass is 352 g/mol. The smallest absolute Gasteiger partial charge is 0.212 e. The molecule has 0 unspecified atom stereocenters. The van der Waals surface area contributed by atoms with Gasteiger partial charge in [-0.25, -0.2) is 4.98 Å². The van der Waals surface area contributed by atoms with Gasteiger partial charge in [-0.05, 0) is 23.3 Å². The Morgan fingerprint density at radius 1 is 1.17 bits per heavy atom. The van der Waals surface area contributed by atoms with E-state index in [1.807, 2.05) is 24.3 Å². The first-order valence-corrected chi connectivity index (χ1v) is 7.75. The number of nitrogens with zero attached hydrogens (tertiary/aromatic N) is 2. The van der Waals surface area contributed by atoms with E-state index < -0.39 is 0 Å². The molecule has 0 saturated heterocycles. The number of benzene rings is 1. The van der Waals surface area contributed by atoms with Gasteiger partial charge in [0.05, 0.1) is 7.11 Å². The van der Waals surface area contributed by atoms with Crippen LogP contribution < -0.4 is 15.4 Å². The second-order valence-corrected chi connectivity index (χ2v) is 5.57. The van der Waals surface area contributed by atoms with Gasteiger partial charge in [-0.15, -0.1) is 0 Å². The molecule has 7 heteroatoms. The van der Waals surface area contributed by atoms with E-state index in [0.717, 1.165) is 11.1 Å². The number of rotatable bonds is 5. The molecule has 2 N–H and O–H groups in total. The van der Waals surface area contributed by atoms with Crippen LogP contribution in [0, 0.1) is 0 Å². The van der Waals surface area contributed by atoms with Crippen molar-refractivity contribution in [2.24, 2.45) is 4.99 Å². The van der Waals surface area contributed by atoms with Gasteiger partial charge in [-0.2, -0.15) is 0 Å². The SMILES string of the molecule is CN=C(NCc1ccc(OC)nc1)NCc1ccc(Cl)cc1Cl. The largest absolute Gasteiger partial charge is 0.481 e. The van der Waals surface area contributed by atoms with Gasteiger partial charge in [-0.1, -0.05) is 35.3 Å². The lowest BCUT2D eigenvalue weighted by molar-refractivity contribution is 0.397. The molecule has 1 aromatic carbocycles. The Bertz CT molecular complexity index is 674. The maximum atomic E-state index is 6.15. The Balaban J connectivity index is 1.87. The van der Waals surface area contributed by atoms with Crippen molar-refractivity contribution in [2.75, 3.05) is 14.2 Å². The number of guanidine groups is 1. The maximum Gasteiger partial charge on any atom is 0.212 e. The Hall–Kier alpha value is -1.98. The average Bonchev–Trinajstić information content (AvgIpc) is 2.57. The van der Waals surface area contributed by atoms with Crippen LogP contribution in [-0.4, -0.2) is 25.1 Å². The minimum atomic E-state index is 0.552. The number of aliphatic imine (C=N–C) groups is 1. The van der Waals surface area contributed by atoms with E-state index in [-0.39, 0.29) is 0 Å². The fourth-order valence-electron chi connectivity index (χ4n) is 1.89. The van der Waals surface area contributed by atoms with Gasteiger partial charge < -0.3 is 15.4 Å². The van der Waals surface area contributed by atoms with Crippen LogP contribution in [0.3, 0.4) is 0 Å². The van der Waals surface area contributed by atoms with E-state index in [4.69, 9.17) is 27.9 Å². The highest BCUT2D eigenvalue weighted by atomic mass is 35.5. The normalized spacial score (nSPS) is 11.2. The first kappa shape index (κ1) is 17.4. The van der Waals surface area contributed by atoms with Crippen molar-refractivity contribution in [3.63, 3.8) is 0 Å². The summed E-state index contributed by atoms with van der Waals surface area (Å²) in [5.41, 5.74) is 1.98. The molecule has 0 radical (unpaired) electrons. The van der Waals surface area contributed by atoms with Gasteiger partial charge in [0, 0.05) is 42.4 Å². The quantitative estimate of drug-likeness (QED) is 0.640. The van der Waals surface area contributed by atoms with E-state index in [2.05, 4.69) is 20.6 Å². The molecule has 0 bridgehead atoms. The molecular weight excluding hydrogens is 335 g/mol. The van der Waals surface area contributed by atoms with Gasteiger partial charge in [-0.3, -0.25) is 4.99 Å². The van der Waals surface area contributed by atoms with Crippen LogP contribution in [0.15, 0.2) is 41.5 Å². The third-order valence-corrected chi connectivity index (χ3v) is 3.74. The van der Waals surface area contributed by atoms with Crippen molar-refractivity contribution in [3.05, 3.63) is 57.7 Å². The molecule has 122 valence electrons. The highest BCUT2D eigenvalue weighted by molar-refractivity contribution is 6.35. The molecule has 2 rings (SSSR count). The van der Waals surface area contributed by atoms with Gasteiger partial charge in [0.15, 0.2) is 5.96 Å². The number of halogens is 2. The molecule has 5 nitrogen and oxygen atoms in total. The van der Waals surface area contributed by atoms with Crippen LogP contribution >= 0.6 is 23.2 Å². The zero-order valence-electron chi connectivity index (χ0n) is 12.9. The minimum absolute atomic E-state index is 0.552. The van der Waals surface area contributed by atoms with Crippen molar-refractivity contribution < 1.29 is 4.74 Å². The summed E-state index contributed by atoms with van der Waals surface area (Å²) in [4.78, 5) is 8.34. The van der Waals surface area contributed by atoms with E-state index in [1.54, 1.807) is 26.4 Å². The summed E-state index contributed by atoms with van der Waals surface area (Å²) in [7, 11) is 3.30. The molecule has 0 fully saturated rings. The molecule has 0 spiro atoms. The summed E-state index contributed by atoms with van der Waals surface area (Å²) in [5, 5.41) is 7.66. The number of hydrogen-bond acceptors (Lipinski definition) is 3. The number of nitrogens with one attached hydrogen (secondary N) is 2. The first-order chi connectivity index (χ1) is 11.1. The zero-order chi connectivity index (χ0) is 16.7. The summed E-state index contributed by atoms with van der Waals surface area (Å²) >= 11 is 12.0. The molecule has 2 aromatic rings. The van der Waals surface area contributed by atoms with Crippen LogP contribution in [-0.2, 0) is 13.1 Å². The number of methoxy groups -OCH3 is 1. The third-order valence-electron chi connectivity index (χ3n) is 3.15. The zero-order valence-corrected chi connectivity index (χ0v) is 14.4. The summed E-state index contributed by atoms with van der Waals surface area (Å²) in [6.45, 7) is 1.15. The molecule has 0 aliphatic rings. The molecule has 0 atom stereocenters. The topological polar surface area (TPSA) is 58.5 Å². The number of pyridine rings is 1. The highest BCUT2D eigenvalue weighted by Gasteiger charge is 2.04. The second kappa shape index (κ2) is 8.60. The summed E-state index contributed by atoms with van der Waals surface area (Å²) in [6, 6.07) is 9.18. The highest BCUT2D eigenvalue weighted by Crippen LogP contribution is 2.20. The molecule has 23 heavy (non-hydrogen) atoms. The fraction of sp³-hybridized carbons (Fsp3) is 0.250. The molecule has 0 aliphatic carbocycles. The van der Waals surface area contributed by atoms with E-state index >= 15 is 0 Å². The predicted molar refractivity (Wildman–Crippen MR) is 94.3 cm³/mol. The standard InChI is InChI=1S/C16H18Cl2N4O/c1-19-16(21-9-11-3-6-15(23-2)20-8-11)22-10-12-4-5-13(17)7-14(12)18/h3-8H,9-10H2,1-2H3,(H2,19,21,22). The number of aromatic nitrogens is 1. The van der Waals surface area contributed by atoms with Crippen molar-refractivity contribution in [2.45, 2.75) is 13.1 Å². The Kier molecular flexibility index (Phi) is 6.50. The van der Waals surface area contributed by atoms with E-state index in [9.17, 15) is 0 Å². The van der Waals surface area contributed by atoms with Gasteiger partial charge in [0.25, 0.3) is 0 Å². The van der Waals surface area contributed by atoms with Crippen molar-refractivity contribution >= 4 is 29.2 Å². The first-order valence-electron chi connectivity index (χ1n) is 6.99. The van der Waals surface area contributed by atoms with Crippen LogP contribution in [0.25, 0.3) is 0 Å². The molecular formula is C16H18Cl2N4O. The molecule has 0 aliphatic heterocycles. The van der Waals surface area contributed by atoms with Gasteiger partial charge in [0.1, 0.15) is 0 Å². The van der Waals surface area contributed by atoms with Crippen LogP contribution in [0.4, 0.5) is 0 Å². The van der Waals surface area contributed by atoms with Crippen molar-refractivity contribution in [1.29, 1.82) is 0 Å². The Labute approximate surface area is 145 Å². The van der Waals surface area contributed by atoms with Crippen LogP contribution in [0.5, 0.6) is 5.88 Å². The third kappa shape index (κ3) is 5.30. The lowest BCUT2D eigenvalue weighted by Gasteiger charge is -2.13. The van der Waals surface area contributed by atoms with Gasteiger partial charge >= 0.3 is 0 Å². The predicted octanol–water partition coefficient (Wildman–Crippen LogP) is 3.26. The summed E-state index contributed by atoms with van der Waals surface area (Å²) < 4.78 is 5.03. The summed E-state index contributed by atoms with van der Waals surface area (Å²) in [5.74, 6) is 1.26. The molecule has 0 saturated carbocycles. The van der Waals surface area contributed by atoms with Crippen LogP contribution in [0.2, 0.25) is 10.0 Å². The average molecular weight is 353 g/mol. The maximum absolute atomic E-state index is 6.15. The number of hydrogen-bond donors (Lipinski definition) is 2. The summed E-state index contributed by atoms with van der Waals surface area (Å²) in [6.07, 6.45) is 1.76. The molecule has 0 amide bonds. The van der Waals surface area contributed by atoms with Crippen molar-refractivity contribution in [1.82, 2.24) is 15.6 Å². The number of ether oxygens (including phenoxy) is 1. The molecule has 1 aromatic heterocycles. The Morgan fingerprint density at radius 3 is 2.57 bits per heavy atom. The van der Waals surface area contributed by atoms with Crippen LogP contribution in [0.1, 0.15) is 11.1 Å². The van der Waals surface area contributed by atoms with E-state index in [0.29, 0.717) is 35.0 Å². The fourth-order valence-corrected chi connectivity index (χ4v) is 2.36. The molecule has 1 heterocycles. The van der Waals surface area contributed by atoms with Gasteiger partial charge in [0.2, 0.25) is 5.88 Å². The second-order valence-electron chi connectivity index (χ2n) is 4.72. The Morgan fingerprint density at radius 2 is 1.96 bits per heavy atom. The van der Waals surface area contributed by atoms with Crippen molar-refractivity contribution in [3.8, 4) is 5.88 Å². The van der Waals surface area contributed by atoms with E-state index in [1.165, 1.54) is 0 Å². The lowest BCUT2D eigenvalue weighted by Crippen LogP contribution is -2.36. The minimum Gasteiger partial charge on any atom is -0.481 e. The lowest BCUT2D eigenvalue weighted by atomic mass is 10.2.